The maximum Gasteiger partial charge on any atom is 0.319 e. The monoisotopic (exact) mass is 728 g/mol. The molecule has 10 rings (SSSR count). The quantitative estimate of drug-likeness (QED) is 0.226. The largest absolute Gasteiger partial charge is 0.508 e. The average Bonchev–Trinajstić information content (AvgIpc) is 3.75. The Morgan fingerprint density at radius 3 is 2.74 bits per heavy atom. The number of likely N-dealkylation sites (tertiary alicyclic amines) is 1. The molecular formula is C41H47F3N6O3. The van der Waals surface area contributed by atoms with Crippen LogP contribution in [0.1, 0.15) is 57.4 Å². The Hall–Kier alpha value is -3.87. The van der Waals surface area contributed by atoms with Crippen molar-refractivity contribution in [3.63, 3.8) is 0 Å². The van der Waals surface area contributed by atoms with Crippen LogP contribution in [0.3, 0.4) is 0 Å². The number of rotatable bonds is 7. The van der Waals surface area contributed by atoms with Crippen LogP contribution in [0.25, 0.3) is 32.8 Å². The molecule has 12 heteroatoms. The van der Waals surface area contributed by atoms with E-state index in [1.807, 2.05) is 25.1 Å². The zero-order chi connectivity index (χ0) is 36.0. The van der Waals surface area contributed by atoms with Crippen molar-refractivity contribution < 1.29 is 27.8 Å². The van der Waals surface area contributed by atoms with Crippen molar-refractivity contribution in [1.82, 2.24) is 25.1 Å². The predicted octanol–water partition coefficient (Wildman–Crippen LogP) is 6.37. The first-order valence-corrected chi connectivity index (χ1v) is 19.7. The molecule has 280 valence electrons. The molecule has 2 N–H and O–H groups in total. The van der Waals surface area contributed by atoms with Crippen molar-refractivity contribution in [3.8, 4) is 28.6 Å². The molecule has 5 saturated heterocycles. The van der Waals surface area contributed by atoms with Gasteiger partial charge in [-0.25, -0.2) is 13.2 Å². The summed E-state index contributed by atoms with van der Waals surface area (Å²) in [6, 6.07) is 8.84. The highest BCUT2D eigenvalue weighted by molar-refractivity contribution is 6.05. The van der Waals surface area contributed by atoms with E-state index in [-0.39, 0.29) is 70.9 Å². The lowest BCUT2D eigenvalue weighted by Crippen LogP contribution is -2.60. The van der Waals surface area contributed by atoms with Gasteiger partial charge in [0.25, 0.3) is 0 Å². The molecule has 5 fully saturated rings. The van der Waals surface area contributed by atoms with E-state index in [4.69, 9.17) is 19.4 Å². The summed E-state index contributed by atoms with van der Waals surface area (Å²) in [5.74, 6) is -1.08. The number of nitrogens with zero attached hydrogens (tertiary/aromatic N) is 5. The van der Waals surface area contributed by atoms with Gasteiger partial charge in [0.15, 0.2) is 17.4 Å². The third-order valence-electron chi connectivity index (χ3n) is 13.1. The number of piperidine rings is 1. The number of benzene rings is 3. The molecule has 1 aromatic heterocycles. The summed E-state index contributed by atoms with van der Waals surface area (Å²) in [4.78, 5) is 16.6. The van der Waals surface area contributed by atoms with Crippen LogP contribution < -0.4 is 19.7 Å². The van der Waals surface area contributed by atoms with E-state index in [0.29, 0.717) is 48.4 Å². The minimum Gasteiger partial charge on any atom is -0.508 e. The highest BCUT2D eigenvalue weighted by atomic mass is 19.1. The van der Waals surface area contributed by atoms with Crippen LogP contribution in [0.2, 0.25) is 0 Å². The average molecular weight is 729 g/mol. The number of nitrogens with one attached hydrogen (secondary N) is 1. The summed E-state index contributed by atoms with van der Waals surface area (Å²) >= 11 is 0. The van der Waals surface area contributed by atoms with E-state index in [1.165, 1.54) is 25.3 Å². The number of anilines is 1. The van der Waals surface area contributed by atoms with Crippen molar-refractivity contribution in [2.75, 3.05) is 57.4 Å². The number of aromatic nitrogens is 2. The molecule has 3 unspecified atom stereocenters. The van der Waals surface area contributed by atoms with Gasteiger partial charge in [-0.05, 0) is 91.6 Å². The molecule has 2 bridgehead atoms. The maximum atomic E-state index is 17.4. The van der Waals surface area contributed by atoms with Gasteiger partial charge in [-0.2, -0.15) is 9.97 Å². The standard InChI is InChI=1S/C41H47F3N6O3/c1-2-24-7-6-8-25-13-28(51)14-29(32(24)25)33-35(43)37-34-38(36(33)44)52-21-31-30-10-9-27(45-30)20-50(31)39(34)47-40(46-37)53-22-41-15-23(17-48-11-4-3-5-12-48)18-49(41)19-26(42)16-41/h6-8,13-14,23,26-27,30-31,45,51H,2-5,9-12,15-22H2,1H3/t23-,26-,27?,30?,31?,41+/m1/s1. The van der Waals surface area contributed by atoms with Crippen LogP contribution in [0.4, 0.5) is 19.0 Å². The molecule has 6 aliphatic rings. The molecule has 7 heterocycles. The summed E-state index contributed by atoms with van der Waals surface area (Å²) in [6.07, 6.45) is 6.56. The number of hydrogen-bond acceptors (Lipinski definition) is 9. The molecule has 6 aliphatic heterocycles. The molecule has 9 nitrogen and oxygen atoms in total. The molecule has 0 spiro atoms. The Labute approximate surface area is 307 Å². The summed E-state index contributed by atoms with van der Waals surface area (Å²) in [5, 5.41) is 16.0. The lowest BCUT2D eigenvalue weighted by molar-refractivity contribution is 0.107. The topological polar surface area (TPSA) is 86.2 Å². The number of piperazine rings is 1. The van der Waals surface area contributed by atoms with Crippen LogP contribution in [0.5, 0.6) is 17.5 Å². The minimum atomic E-state index is -0.943. The van der Waals surface area contributed by atoms with E-state index in [9.17, 15) is 5.11 Å². The van der Waals surface area contributed by atoms with Crippen LogP contribution in [0, 0.1) is 17.6 Å². The van der Waals surface area contributed by atoms with Crippen molar-refractivity contribution >= 4 is 27.5 Å². The third-order valence-corrected chi connectivity index (χ3v) is 13.1. The summed E-state index contributed by atoms with van der Waals surface area (Å²) in [6.45, 7) is 7.41. The van der Waals surface area contributed by atoms with E-state index in [2.05, 4.69) is 20.0 Å². The number of halogens is 3. The molecule has 0 amide bonds. The molecular weight excluding hydrogens is 681 g/mol. The molecule has 6 atom stereocenters. The lowest BCUT2D eigenvalue weighted by atomic mass is 9.90. The number of hydrogen-bond donors (Lipinski definition) is 2. The van der Waals surface area contributed by atoms with Gasteiger partial charge in [-0.1, -0.05) is 31.5 Å². The van der Waals surface area contributed by atoms with E-state index in [1.54, 1.807) is 6.07 Å². The molecule has 53 heavy (non-hydrogen) atoms. The minimum absolute atomic E-state index is 0.00688. The van der Waals surface area contributed by atoms with Gasteiger partial charge in [0, 0.05) is 44.7 Å². The molecule has 0 aliphatic carbocycles. The number of fused-ring (bicyclic) bond motifs is 7. The van der Waals surface area contributed by atoms with Crippen LogP contribution in [-0.4, -0.2) is 107 Å². The van der Waals surface area contributed by atoms with Crippen LogP contribution in [0.15, 0.2) is 30.3 Å². The fourth-order valence-electron chi connectivity index (χ4n) is 10.8. The first kappa shape index (κ1) is 33.7. The summed E-state index contributed by atoms with van der Waals surface area (Å²) < 4.78 is 62.5. The highest BCUT2D eigenvalue weighted by Crippen LogP contribution is 2.49. The number of ether oxygens (including phenoxy) is 2. The summed E-state index contributed by atoms with van der Waals surface area (Å²) in [5.41, 5.74) is 0.241. The van der Waals surface area contributed by atoms with Crippen molar-refractivity contribution in [2.24, 2.45) is 5.92 Å². The second kappa shape index (κ2) is 12.9. The Balaban J connectivity index is 1.09. The van der Waals surface area contributed by atoms with Crippen LogP contribution in [-0.2, 0) is 6.42 Å². The van der Waals surface area contributed by atoms with Gasteiger partial charge in [-0.3, -0.25) is 4.90 Å². The molecule has 3 aromatic carbocycles. The first-order chi connectivity index (χ1) is 25.8. The zero-order valence-electron chi connectivity index (χ0n) is 30.2. The normalized spacial score (nSPS) is 29.7. The van der Waals surface area contributed by atoms with E-state index < -0.39 is 23.3 Å². The Bertz CT molecular complexity index is 2100. The number of phenols is 1. The fraction of sp³-hybridized carbons (Fsp3) is 0.561. The second-order valence-corrected chi connectivity index (χ2v) is 16.5. The van der Waals surface area contributed by atoms with Gasteiger partial charge in [0.2, 0.25) is 0 Å². The lowest BCUT2D eigenvalue weighted by Gasteiger charge is -2.40. The fourth-order valence-corrected chi connectivity index (χ4v) is 10.8. The Morgan fingerprint density at radius 1 is 1.02 bits per heavy atom. The predicted molar refractivity (Wildman–Crippen MR) is 198 cm³/mol. The van der Waals surface area contributed by atoms with Gasteiger partial charge in [0.1, 0.15) is 36.5 Å². The Kier molecular flexibility index (Phi) is 8.18. The van der Waals surface area contributed by atoms with Crippen molar-refractivity contribution in [3.05, 3.63) is 47.5 Å². The molecule has 4 aromatic rings. The van der Waals surface area contributed by atoms with Gasteiger partial charge in [-0.15, -0.1) is 0 Å². The maximum absolute atomic E-state index is 17.4. The van der Waals surface area contributed by atoms with Crippen molar-refractivity contribution in [1.29, 1.82) is 0 Å². The smallest absolute Gasteiger partial charge is 0.319 e. The molecule has 0 radical (unpaired) electrons. The summed E-state index contributed by atoms with van der Waals surface area (Å²) in [7, 11) is 0. The third kappa shape index (κ3) is 5.53. The van der Waals surface area contributed by atoms with Gasteiger partial charge >= 0.3 is 6.01 Å². The Morgan fingerprint density at radius 2 is 1.89 bits per heavy atom. The van der Waals surface area contributed by atoms with Gasteiger partial charge < -0.3 is 29.7 Å². The molecule has 0 saturated carbocycles. The van der Waals surface area contributed by atoms with Crippen LogP contribution >= 0.6 is 0 Å². The number of aryl methyl sites for hydroxylation is 1. The zero-order valence-corrected chi connectivity index (χ0v) is 30.2. The number of aromatic hydroxyl groups is 1. The SMILES string of the molecule is CCc1cccc2cc(O)cc(-c3c(F)c4c5c(nc(OC[C@]67C[C@@H](F)CN6C[C@@H](CN6CCCCC6)C7)nc5c3F)N3CC5CCC(N5)C3CO4)c12. The van der Waals surface area contributed by atoms with Gasteiger partial charge in [0.05, 0.1) is 22.5 Å². The number of phenolic OH excluding ortho intramolecular Hbond substituents is 1. The van der Waals surface area contributed by atoms with E-state index in [0.717, 1.165) is 51.0 Å². The second-order valence-electron chi connectivity index (χ2n) is 16.5. The number of alkyl halides is 1. The first-order valence-electron chi connectivity index (χ1n) is 19.7. The highest BCUT2D eigenvalue weighted by Gasteiger charge is 2.53. The van der Waals surface area contributed by atoms with E-state index >= 15 is 13.2 Å². The van der Waals surface area contributed by atoms with Crippen molar-refractivity contribution in [2.45, 2.75) is 88.1 Å².